The van der Waals surface area contributed by atoms with Gasteiger partial charge in [0.1, 0.15) is 12.0 Å². The molecule has 0 saturated heterocycles. The van der Waals surface area contributed by atoms with Gasteiger partial charge < -0.3 is 5.11 Å². The van der Waals surface area contributed by atoms with Crippen LogP contribution in [0.4, 0.5) is 0 Å². The molecule has 0 saturated carbocycles. The Hall–Kier alpha value is -2.09. The highest BCUT2D eigenvalue weighted by Gasteiger charge is 2.06. The van der Waals surface area contributed by atoms with Crippen molar-refractivity contribution in [1.82, 2.24) is 0 Å². The molecule has 16 heavy (non-hydrogen) atoms. The van der Waals surface area contributed by atoms with Gasteiger partial charge in [0, 0.05) is 10.9 Å². The summed E-state index contributed by atoms with van der Waals surface area (Å²) in [6.07, 6.45) is 3.69. The lowest BCUT2D eigenvalue weighted by atomic mass is 10.00. The fraction of sp³-hybridized carbons (Fsp3) is 0.0714. The summed E-state index contributed by atoms with van der Waals surface area (Å²) in [5.41, 5.74) is 1.75. The first-order valence-corrected chi connectivity index (χ1v) is 5.07. The molecule has 0 bridgehead atoms. The Morgan fingerprint density at radius 3 is 2.56 bits per heavy atom. The number of allylic oxidation sites excluding steroid dienone is 1. The van der Waals surface area contributed by atoms with E-state index in [0.717, 1.165) is 16.3 Å². The summed E-state index contributed by atoms with van der Waals surface area (Å²) in [6.45, 7) is 1.99. The van der Waals surface area contributed by atoms with E-state index < -0.39 is 0 Å². The summed E-state index contributed by atoms with van der Waals surface area (Å²) < 4.78 is 0. The number of carbonyl (C=O) groups is 1. The topological polar surface area (TPSA) is 37.3 Å². The van der Waals surface area contributed by atoms with E-state index in [1.54, 1.807) is 6.08 Å². The Bertz CT molecular complexity index is 568. The van der Waals surface area contributed by atoms with Gasteiger partial charge in [-0.3, -0.25) is 4.79 Å². The molecule has 0 aliphatic carbocycles. The molecule has 0 amide bonds. The number of aryl methyl sites for hydroxylation is 1. The van der Waals surface area contributed by atoms with Crippen molar-refractivity contribution in [3.05, 3.63) is 47.5 Å². The number of fused-ring (bicyclic) bond motifs is 1. The maximum Gasteiger partial charge on any atom is 0.142 e. The number of aromatic hydroxyl groups is 1. The van der Waals surface area contributed by atoms with Crippen molar-refractivity contribution in [3.63, 3.8) is 0 Å². The molecule has 2 aromatic carbocycles. The number of phenols is 1. The number of rotatable bonds is 2. The van der Waals surface area contributed by atoms with E-state index in [2.05, 4.69) is 0 Å². The largest absolute Gasteiger partial charge is 0.507 e. The van der Waals surface area contributed by atoms with Gasteiger partial charge >= 0.3 is 0 Å². The molecule has 0 heterocycles. The van der Waals surface area contributed by atoms with E-state index in [1.165, 1.54) is 6.08 Å². The smallest absolute Gasteiger partial charge is 0.142 e. The summed E-state index contributed by atoms with van der Waals surface area (Å²) in [7, 11) is 0. The molecule has 2 aromatic rings. The van der Waals surface area contributed by atoms with Gasteiger partial charge in [-0.05, 0) is 36.1 Å². The van der Waals surface area contributed by atoms with Crippen LogP contribution in [0.3, 0.4) is 0 Å². The van der Waals surface area contributed by atoms with Gasteiger partial charge in [-0.15, -0.1) is 0 Å². The molecule has 0 aliphatic rings. The average Bonchev–Trinajstić information content (AvgIpc) is 2.32. The minimum absolute atomic E-state index is 0.222. The third-order valence-corrected chi connectivity index (χ3v) is 2.61. The standard InChI is InChI=1S/C14H12O2/c1-10-9-11(5-4-8-15)14(16)13-7-3-2-6-12(10)13/h2-9,16H,1H3/b5-4+. The molecular formula is C14H12O2. The van der Waals surface area contributed by atoms with E-state index in [4.69, 9.17) is 0 Å². The van der Waals surface area contributed by atoms with Crippen LogP contribution in [0.25, 0.3) is 16.8 Å². The number of aldehydes is 1. The molecule has 0 aliphatic heterocycles. The molecule has 0 aromatic heterocycles. The van der Waals surface area contributed by atoms with Gasteiger partial charge in [-0.2, -0.15) is 0 Å². The number of hydrogen-bond donors (Lipinski definition) is 1. The van der Waals surface area contributed by atoms with Crippen molar-refractivity contribution < 1.29 is 9.90 Å². The molecule has 0 fully saturated rings. The van der Waals surface area contributed by atoms with Gasteiger partial charge in [-0.25, -0.2) is 0 Å². The zero-order chi connectivity index (χ0) is 11.5. The van der Waals surface area contributed by atoms with Gasteiger partial charge in [-0.1, -0.05) is 24.3 Å². The molecule has 1 N–H and O–H groups in total. The molecule has 2 rings (SSSR count). The van der Waals surface area contributed by atoms with Crippen molar-refractivity contribution in [2.24, 2.45) is 0 Å². The second-order valence-corrected chi connectivity index (χ2v) is 3.67. The molecule has 0 unspecified atom stereocenters. The van der Waals surface area contributed by atoms with Crippen molar-refractivity contribution in [1.29, 1.82) is 0 Å². The van der Waals surface area contributed by atoms with Crippen molar-refractivity contribution in [3.8, 4) is 5.75 Å². The highest BCUT2D eigenvalue weighted by Crippen LogP contribution is 2.31. The summed E-state index contributed by atoms with van der Waals surface area (Å²) in [5, 5.41) is 11.9. The lowest BCUT2D eigenvalue weighted by molar-refractivity contribution is -0.104. The normalized spacial score (nSPS) is 11.1. The molecule has 2 heteroatoms. The first kappa shape index (κ1) is 10.4. The lowest BCUT2D eigenvalue weighted by Gasteiger charge is -2.07. The van der Waals surface area contributed by atoms with Crippen LogP contribution in [-0.4, -0.2) is 11.4 Å². The zero-order valence-corrected chi connectivity index (χ0v) is 8.97. The van der Waals surface area contributed by atoms with Gasteiger partial charge in [0.05, 0.1) is 0 Å². The van der Waals surface area contributed by atoms with Crippen LogP contribution in [0.5, 0.6) is 5.75 Å². The number of carbonyl (C=O) groups excluding carboxylic acids is 1. The Kier molecular flexibility index (Phi) is 2.73. The third kappa shape index (κ3) is 1.70. The number of hydrogen-bond acceptors (Lipinski definition) is 2. The summed E-state index contributed by atoms with van der Waals surface area (Å²) in [4.78, 5) is 10.3. The summed E-state index contributed by atoms with van der Waals surface area (Å²) in [6, 6.07) is 9.54. The maximum absolute atomic E-state index is 10.3. The Balaban J connectivity index is 2.74. The fourth-order valence-corrected chi connectivity index (χ4v) is 1.84. The van der Waals surface area contributed by atoms with Crippen molar-refractivity contribution in [2.45, 2.75) is 6.92 Å². The quantitative estimate of drug-likeness (QED) is 0.613. The van der Waals surface area contributed by atoms with Crippen LogP contribution in [-0.2, 0) is 4.79 Å². The number of benzene rings is 2. The minimum atomic E-state index is 0.222. The van der Waals surface area contributed by atoms with E-state index >= 15 is 0 Å². The third-order valence-electron chi connectivity index (χ3n) is 2.61. The Labute approximate surface area is 93.8 Å². The van der Waals surface area contributed by atoms with Crippen LogP contribution in [0.15, 0.2) is 36.4 Å². The first-order valence-electron chi connectivity index (χ1n) is 5.07. The Morgan fingerprint density at radius 2 is 1.88 bits per heavy atom. The van der Waals surface area contributed by atoms with Crippen LogP contribution in [0, 0.1) is 6.92 Å². The highest BCUT2D eigenvalue weighted by molar-refractivity contribution is 5.94. The van der Waals surface area contributed by atoms with Crippen molar-refractivity contribution >= 4 is 23.1 Å². The van der Waals surface area contributed by atoms with Crippen LogP contribution in [0.2, 0.25) is 0 Å². The average molecular weight is 212 g/mol. The summed E-state index contributed by atoms with van der Waals surface area (Å²) in [5.74, 6) is 0.222. The second kappa shape index (κ2) is 4.19. The first-order chi connectivity index (χ1) is 7.74. The predicted molar refractivity (Wildman–Crippen MR) is 65.4 cm³/mol. The molecule has 80 valence electrons. The molecule has 2 nitrogen and oxygen atoms in total. The second-order valence-electron chi connectivity index (χ2n) is 3.67. The zero-order valence-electron chi connectivity index (χ0n) is 8.97. The molecule has 0 spiro atoms. The minimum Gasteiger partial charge on any atom is -0.507 e. The SMILES string of the molecule is Cc1cc(/C=C/C=O)c(O)c2ccccc12. The molecule has 0 radical (unpaired) electrons. The van der Waals surface area contributed by atoms with E-state index in [-0.39, 0.29) is 5.75 Å². The predicted octanol–water partition coefficient (Wildman–Crippen LogP) is 3.07. The van der Waals surface area contributed by atoms with E-state index in [1.807, 2.05) is 37.3 Å². The Morgan fingerprint density at radius 1 is 1.19 bits per heavy atom. The fourth-order valence-electron chi connectivity index (χ4n) is 1.84. The monoisotopic (exact) mass is 212 g/mol. The van der Waals surface area contributed by atoms with Crippen molar-refractivity contribution in [2.75, 3.05) is 0 Å². The van der Waals surface area contributed by atoms with Crippen LogP contribution >= 0.6 is 0 Å². The highest BCUT2D eigenvalue weighted by atomic mass is 16.3. The van der Waals surface area contributed by atoms with Gasteiger partial charge in [0.25, 0.3) is 0 Å². The molecular weight excluding hydrogens is 200 g/mol. The van der Waals surface area contributed by atoms with Crippen LogP contribution in [0.1, 0.15) is 11.1 Å². The summed E-state index contributed by atoms with van der Waals surface area (Å²) >= 11 is 0. The van der Waals surface area contributed by atoms with Gasteiger partial charge in [0.2, 0.25) is 0 Å². The maximum atomic E-state index is 10.3. The van der Waals surface area contributed by atoms with Gasteiger partial charge in [0.15, 0.2) is 0 Å². The molecule has 0 atom stereocenters. The van der Waals surface area contributed by atoms with Crippen LogP contribution < -0.4 is 0 Å². The van der Waals surface area contributed by atoms with E-state index in [0.29, 0.717) is 11.8 Å². The number of phenolic OH excluding ortho intramolecular Hbond substituents is 1. The van der Waals surface area contributed by atoms with E-state index in [9.17, 15) is 9.90 Å². The lowest BCUT2D eigenvalue weighted by Crippen LogP contribution is -1.83.